The number of aromatic nitrogens is 2. The van der Waals surface area contributed by atoms with Gasteiger partial charge in [-0.3, -0.25) is 0 Å². The zero-order valence-electron chi connectivity index (χ0n) is 10.4. The van der Waals surface area contributed by atoms with Gasteiger partial charge in [-0.1, -0.05) is 6.07 Å². The monoisotopic (exact) mass is 248 g/mol. The number of nitrogens with one attached hydrogen (secondary N) is 1. The van der Waals surface area contributed by atoms with Gasteiger partial charge in [0.1, 0.15) is 5.75 Å². The van der Waals surface area contributed by atoms with Gasteiger partial charge >= 0.3 is 5.69 Å². The molecule has 1 aromatic carbocycles. The normalized spacial score (nSPS) is 10.4. The Bertz CT molecular complexity index is 650. The molecule has 2 aromatic rings. The average Bonchev–Trinajstić information content (AvgIpc) is 2.32. The van der Waals surface area contributed by atoms with Gasteiger partial charge in [0, 0.05) is 5.56 Å². The summed E-state index contributed by atoms with van der Waals surface area (Å²) in [6.45, 7) is 3.76. The highest BCUT2D eigenvalue weighted by Gasteiger charge is 2.15. The van der Waals surface area contributed by atoms with Crippen molar-refractivity contribution >= 4 is 0 Å². The highest BCUT2D eigenvalue weighted by molar-refractivity contribution is 5.71. The van der Waals surface area contributed by atoms with Crippen molar-refractivity contribution in [2.45, 2.75) is 13.8 Å². The molecule has 0 aliphatic heterocycles. The molecule has 0 amide bonds. The molecule has 0 aliphatic carbocycles. The van der Waals surface area contributed by atoms with Crippen molar-refractivity contribution < 1.29 is 9.13 Å². The molecule has 4 nitrogen and oxygen atoms in total. The Morgan fingerprint density at radius 2 is 2.06 bits per heavy atom. The SMILES string of the molecule is COc1cc(C)cc(C)c1-c1[nH]c(=O)ncc1F. The quantitative estimate of drug-likeness (QED) is 0.886. The smallest absolute Gasteiger partial charge is 0.345 e. The maximum atomic E-state index is 13.8. The Labute approximate surface area is 103 Å². The van der Waals surface area contributed by atoms with E-state index in [0.717, 1.165) is 17.3 Å². The van der Waals surface area contributed by atoms with Gasteiger partial charge in [0.05, 0.1) is 19.0 Å². The predicted octanol–water partition coefficient (Wildman–Crippen LogP) is 2.20. The van der Waals surface area contributed by atoms with Crippen LogP contribution in [-0.2, 0) is 0 Å². The van der Waals surface area contributed by atoms with Crippen molar-refractivity contribution in [3.05, 3.63) is 45.8 Å². The first-order valence-electron chi connectivity index (χ1n) is 5.43. The predicted molar refractivity (Wildman–Crippen MR) is 66.3 cm³/mol. The molecule has 94 valence electrons. The molecule has 5 heteroatoms. The molecule has 0 saturated carbocycles. The van der Waals surface area contributed by atoms with Gasteiger partial charge < -0.3 is 9.72 Å². The summed E-state index contributed by atoms with van der Waals surface area (Å²) in [4.78, 5) is 17.0. The number of hydrogen-bond acceptors (Lipinski definition) is 3. The second-order valence-corrected chi connectivity index (χ2v) is 4.07. The van der Waals surface area contributed by atoms with Crippen LogP contribution in [0.25, 0.3) is 11.3 Å². The van der Waals surface area contributed by atoms with Crippen molar-refractivity contribution in [3.8, 4) is 17.0 Å². The van der Waals surface area contributed by atoms with Crippen LogP contribution in [0.15, 0.2) is 23.1 Å². The van der Waals surface area contributed by atoms with Crippen LogP contribution in [0.3, 0.4) is 0 Å². The third-order valence-corrected chi connectivity index (χ3v) is 2.68. The fourth-order valence-electron chi connectivity index (χ4n) is 1.97. The second kappa shape index (κ2) is 4.60. The van der Waals surface area contributed by atoms with E-state index in [9.17, 15) is 9.18 Å². The maximum absolute atomic E-state index is 13.8. The van der Waals surface area contributed by atoms with E-state index in [1.165, 1.54) is 7.11 Å². The van der Waals surface area contributed by atoms with Gasteiger partial charge in [0.2, 0.25) is 0 Å². The number of benzene rings is 1. The Morgan fingerprint density at radius 3 is 2.72 bits per heavy atom. The van der Waals surface area contributed by atoms with Gasteiger partial charge in [-0.25, -0.2) is 9.18 Å². The molecule has 0 spiro atoms. The third kappa shape index (κ3) is 2.11. The number of aryl methyl sites for hydroxylation is 2. The van der Waals surface area contributed by atoms with Gasteiger partial charge in [-0.2, -0.15) is 4.98 Å². The summed E-state index contributed by atoms with van der Waals surface area (Å²) in [5, 5.41) is 0. The summed E-state index contributed by atoms with van der Waals surface area (Å²) >= 11 is 0. The standard InChI is InChI=1S/C13H13FN2O2/c1-7-4-8(2)11(10(5-7)18-3)12-9(14)6-15-13(17)16-12/h4-6H,1-3H3,(H,15,16,17). The maximum Gasteiger partial charge on any atom is 0.345 e. The number of halogens is 1. The van der Waals surface area contributed by atoms with E-state index in [4.69, 9.17) is 4.74 Å². The molecule has 0 fully saturated rings. The minimum Gasteiger partial charge on any atom is -0.496 e. The molecule has 1 heterocycles. The highest BCUT2D eigenvalue weighted by Crippen LogP contribution is 2.33. The Hall–Kier alpha value is -2.17. The number of nitrogens with zero attached hydrogens (tertiary/aromatic N) is 1. The van der Waals surface area contributed by atoms with Crippen molar-refractivity contribution in [1.82, 2.24) is 9.97 Å². The largest absolute Gasteiger partial charge is 0.496 e. The molecule has 0 radical (unpaired) electrons. The van der Waals surface area contributed by atoms with Crippen molar-refractivity contribution in [2.75, 3.05) is 7.11 Å². The zero-order chi connectivity index (χ0) is 13.3. The molecule has 0 unspecified atom stereocenters. The van der Waals surface area contributed by atoms with Crippen molar-refractivity contribution in [1.29, 1.82) is 0 Å². The summed E-state index contributed by atoms with van der Waals surface area (Å²) in [6, 6.07) is 3.69. The number of methoxy groups -OCH3 is 1. The van der Waals surface area contributed by atoms with Crippen LogP contribution < -0.4 is 10.4 Å². The molecular weight excluding hydrogens is 235 g/mol. The number of ether oxygens (including phenoxy) is 1. The van der Waals surface area contributed by atoms with Crippen molar-refractivity contribution in [2.24, 2.45) is 0 Å². The third-order valence-electron chi connectivity index (χ3n) is 2.68. The van der Waals surface area contributed by atoms with Crippen LogP contribution in [0, 0.1) is 19.7 Å². The Morgan fingerprint density at radius 1 is 1.33 bits per heavy atom. The number of hydrogen-bond donors (Lipinski definition) is 1. The first-order valence-corrected chi connectivity index (χ1v) is 5.43. The Kier molecular flexibility index (Phi) is 3.14. The lowest BCUT2D eigenvalue weighted by atomic mass is 10.0. The lowest BCUT2D eigenvalue weighted by Crippen LogP contribution is -2.12. The van der Waals surface area contributed by atoms with Gasteiger partial charge in [0.25, 0.3) is 0 Å². The minimum atomic E-state index is -0.589. The minimum absolute atomic E-state index is 0.101. The summed E-state index contributed by atoms with van der Waals surface area (Å²) in [5.74, 6) is -0.0619. The van der Waals surface area contributed by atoms with Crippen LogP contribution in [0.5, 0.6) is 5.75 Å². The molecule has 0 bridgehead atoms. The topological polar surface area (TPSA) is 55.0 Å². The molecule has 0 aliphatic rings. The fourth-order valence-corrected chi connectivity index (χ4v) is 1.97. The molecule has 1 aromatic heterocycles. The summed E-state index contributed by atoms with van der Waals surface area (Å²) in [5.41, 5.74) is 1.88. The number of rotatable bonds is 2. The average molecular weight is 248 g/mol. The number of aromatic amines is 1. The van der Waals surface area contributed by atoms with E-state index in [-0.39, 0.29) is 5.69 Å². The lowest BCUT2D eigenvalue weighted by Gasteiger charge is -2.13. The van der Waals surface area contributed by atoms with E-state index in [1.54, 1.807) is 6.07 Å². The number of H-pyrrole nitrogens is 1. The van der Waals surface area contributed by atoms with Gasteiger partial charge in [-0.15, -0.1) is 0 Å². The summed E-state index contributed by atoms with van der Waals surface area (Å²) in [6.07, 6.45) is 0.910. The molecule has 0 atom stereocenters. The zero-order valence-corrected chi connectivity index (χ0v) is 10.4. The molecular formula is C13H13FN2O2. The Balaban J connectivity index is 2.78. The summed E-state index contributed by atoms with van der Waals surface area (Å²) in [7, 11) is 1.51. The highest BCUT2D eigenvalue weighted by atomic mass is 19.1. The van der Waals surface area contributed by atoms with E-state index in [1.807, 2.05) is 19.9 Å². The molecule has 2 rings (SSSR count). The van der Waals surface area contributed by atoms with Crippen LogP contribution in [-0.4, -0.2) is 17.1 Å². The van der Waals surface area contributed by atoms with Crippen LogP contribution in [0.4, 0.5) is 4.39 Å². The molecule has 18 heavy (non-hydrogen) atoms. The van der Waals surface area contributed by atoms with E-state index in [0.29, 0.717) is 11.3 Å². The van der Waals surface area contributed by atoms with E-state index < -0.39 is 11.5 Å². The van der Waals surface area contributed by atoms with Crippen LogP contribution in [0.2, 0.25) is 0 Å². The fraction of sp³-hybridized carbons (Fsp3) is 0.231. The van der Waals surface area contributed by atoms with Gasteiger partial charge in [-0.05, 0) is 31.0 Å². The van der Waals surface area contributed by atoms with Gasteiger partial charge in [0.15, 0.2) is 5.82 Å². The van der Waals surface area contributed by atoms with Crippen LogP contribution >= 0.6 is 0 Å². The van der Waals surface area contributed by atoms with E-state index >= 15 is 0 Å². The first kappa shape index (κ1) is 12.3. The van der Waals surface area contributed by atoms with E-state index in [2.05, 4.69) is 9.97 Å². The van der Waals surface area contributed by atoms with Crippen LogP contribution in [0.1, 0.15) is 11.1 Å². The first-order chi connectivity index (χ1) is 8.52. The molecule has 1 N–H and O–H groups in total. The van der Waals surface area contributed by atoms with Crippen molar-refractivity contribution in [3.63, 3.8) is 0 Å². The second-order valence-electron chi connectivity index (χ2n) is 4.07. The molecule has 0 saturated heterocycles. The summed E-state index contributed by atoms with van der Waals surface area (Å²) < 4.78 is 19.0. The lowest BCUT2D eigenvalue weighted by molar-refractivity contribution is 0.415.